The summed E-state index contributed by atoms with van der Waals surface area (Å²) in [5.41, 5.74) is 0.241. The number of hydrogen-bond donors (Lipinski definition) is 1. The second-order valence-electron chi connectivity index (χ2n) is 4.03. The lowest BCUT2D eigenvalue weighted by atomic mass is 10.2. The Balaban J connectivity index is 1.96. The molecule has 0 spiro atoms. The van der Waals surface area contributed by atoms with Gasteiger partial charge >= 0.3 is 0 Å². The van der Waals surface area contributed by atoms with Crippen molar-refractivity contribution in [3.63, 3.8) is 0 Å². The largest absolute Gasteiger partial charge is 0.308 e. The lowest BCUT2D eigenvalue weighted by Crippen LogP contribution is -2.50. The average Bonchev–Trinajstić information content (AvgIpc) is 2.19. The fourth-order valence-electron chi connectivity index (χ4n) is 1.65. The molecule has 1 saturated heterocycles. The summed E-state index contributed by atoms with van der Waals surface area (Å²) in [7, 11) is -2.93. The average molecular weight is 265 g/mol. The molecule has 0 saturated carbocycles. The zero-order valence-electron chi connectivity index (χ0n) is 8.71. The van der Waals surface area contributed by atoms with E-state index in [4.69, 9.17) is 0 Å². The highest BCUT2D eigenvalue weighted by Gasteiger charge is 2.32. The van der Waals surface area contributed by atoms with Crippen LogP contribution >= 0.6 is 0 Å². The number of benzene rings is 1. The Morgan fingerprint density at radius 2 is 1.71 bits per heavy atom. The van der Waals surface area contributed by atoms with Gasteiger partial charge in [-0.3, -0.25) is 0 Å². The molecule has 0 aromatic heterocycles. The van der Waals surface area contributed by atoms with Gasteiger partial charge in [-0.05, 0) is 17.7 Å². The van der Waals surface area contributed by atoms with Crippen molar-refractivity contribution in [3.8, 4) is 0 Å². The van der Waals surface area contributed by atoms with Crippen LogP contribution in [0, 0.1) is 17.5 Å². The van der Waals surface area contributed by atoms with Crippen LogP contribution < -0.4 is 5.32 Å². The highest BCUT2D eigenvalue weighted by Crippen LogP contribution is 2.15. The fraction of sp³-hybridized carbons (Fsp3) is 0.400. The van der Waals surface area contributed by atoms with Gasteiger partial charge in [-0.15, -0.1) is 0 Å². The Kier molecular flexibility index (Phi) is 3.13. The van der Waals surface area contributed by atoms with Gasteiger partial charge in [0.05, 0.1) is 11.5 Å². The van der Waals surface area contributed by atoms with Crippen molar-refractivity contribution in [2.45, 2.75) is 12.6 Å². The van der Waals surface area contributed by atoms with Gasteiger partial charge in [0.1, 0.15) is 0 Å². The van der Waals surface area contributed by atoms with Crippen LogP contribution in [0.3, 0.4) is 0 Å². The molecular formula is C10H10F3NO2S. The summed E-state index contributed by atoms with van der Waals surface area (Å²) in [6.45, 7) is 0.105. The predicted molar refractivity (Wildman–Crippen MR) is 55.6 cm³/mol. The van der Waals surface area contributed by atoms with Crippen molar-refractivity contribution in [1.29, 1.82) is 0 Å². The summed E-state index contributed by atoms with van der Waals surface area (Å²) in [4.78, 5) is 0. The van der Waals surface area contributed by atoms with E-state index in [1.165, 1.54) is 0 Å². The standard InChI is InChI=1S/C10H10F3NO2S/c11-8-1-6(2-9(12)10(8)13)3-14-7-4-17(15,16)5-7/h1-2,7,14H,3-5H2. The van der Waals surface area contributed by atoms with E-state index < -0.39 is 27.3 Å². The van der Waals surface area contributed by atoms with E-state index in [1.807, 2.05) is 0 Å². The van der Waals surface area contributed by atoms with Crippen LogP contribution in [-0.2, 0) is 16.4 Å². The lowest BCUT2D eigenvalue weighted by Gasteiger charge is -2.26. The molecule has 2 rings (SSSR count). The second-order valence-corrected chi connectivity index (χ2v) is 6.18. The van der Waals surface area contributed by atoms with E-state index in [0.29, 0.717) is 0 Å². The SMILES string of the molecule is O=S1(=O)CC(NCc2cc(F)c(F)c(F)c2)C1. The maximum Gasteiger partial charge on any atom is 0.194 e. The number of nitrogens with one attached hydrogen (secondary N) is 1. The van der Waals surface area contributed by atoms with Crippen LogP contribution in [-0.4, -0.2) is 26.0 Å². The van der Waals surface area contributed by atoms with Crippen molar-refractivity contribution in [1.82, 2.24) is 5.32 Å². The van der Waals surface area contributed by atoms with Crippen LogP contribution in [0.4, 0.5) is 13.2 Å². The smallest absolute Gasteiger partial charge is 0.194 e. The monoisotopic (exact) mass is 265 g/mol. The quantitative estimate of drug-likeness (QED) is 0.829. The van der Waals surface area contributed by atoms with E-state index in [-0.39, 0.29) is 29.7 Å². The molecule has 0 atom stereocenters. The summed E-state index contributed by atoms with van der Waals surface area (Å²) >= 11 is 0. The van der Waals surface area contributed by atoms with E-state index in [1.54, 1.807) is 0 Å². The lowest BCUT2D eigenvalue weighted by molar-refractivity contribution is 0.442. The summed E-state index contributed by atoms with van der Waals surface area (Å²) < 4.78 is 60.0. The first-order valence-corrected chi connectivity index (χ1v) is 6.77. The normalized spacial score (nSPS) is 19.0. The molecule has 1 aliphatic heterocycles. The van der Waals surface area contributed by atoms with Crippen LogP contribution in [0.1, 0.15) is 5.56 Å². The predicted octanol–water partition coefficient (Wildman–Crippen LogP) is 0.990. The van der Waals surface area contributed by atoms with Gasteiger partial charge < -0.3 is 5.32 Å². The molecule has 1 heterocycles. The van der Waals surface area contributed by atoms with Crippen molar-refractivity contribution in [2.24, 2.45) is 0 Å². The molecule has 0 amide bonds. The van der Waals surface area contributed by atoms with E-state index >= 15 is 0 Å². The van der Waals surface area contributed by atoms with Gasteiger partial charge in [0.2, 0.25) is 0 Å². The van der Waals surface area contributed by atoms with Gasteiger partial charge in [0.25, 0.3) is 0 Å². The Hall–Kier alpha value is -1.08. The zero-order chi connectivity index (χ0) is 12.6. The number of halogens is 3. The molecule has 94 valence electrons. The van der Waals surface area contributed by atoms with Crippen LogP contribution in [0.15, 0.2) is 12.1 Å². The van der Waals surface area contributed by atoms with Gasteiger partial charge in [-0.1, -0.05) is 0 Å². The van der Waals surface area contributed by atoms with Crippen LogP contribution in [0.25, 0.3) is 0 Å². The minimum absolute atomic E-state index is 0.0269. The Bertz CT molecular complexity index is 509. The topological polar surface area (TPSA) is 46.2 Å². The summed E-state index contributed by atoms with van der Waals surface area (Å²) in [5, 5.41) is 2.83. The first kappa shape index (κ1) is 12.4. The molecule has 1 aromatic carbocycles. The maximum absolute atomic E-state index is 12.8. The molecule has 3 nitrogen and oxygen atoms in total. The minimum atomic E-state index is -2.93. The van der Waals surface area contributed by atoms with Gasteiger partial charge in [0, 0.05) is 12.6 Å². The maximum atomic E-state index is 12.8. The molecule has 1 fully saturated rings. The Morgan fingerprint density at radius 3 is 2.18 bits per heavy atom. The fourth-order valence-corrected chi connectivity index (χ4v) is 3.02. The van der Waals surface area contributed by atoms with Crippen LogP contribution in [0.5, 0.6) is 0 Å². The van der Waals surface area contributed by atoms with Crippen molar-refractivity contribution in [2.75, 3.05) is 11.5 Å². The molecule has 7 heteroatoms. The summed E-state index contributed by atoms with van der Waals surface area (Å²) in [5.74, 6) is -3.94. The molecule has 0 unspecified atom stereocenters. The van der Waals surface area contributed by atoms with Crippen molar-refractivity contribution < 1.29 is 21.6 Å². The first-order chi connectivity index (χ1) is 7.87. The van der Waals surface area contributed by atoms with Crippen LogP contribution in [0.2, 0.25) is 0 Å². The van der Waals surface area contributed by atoms with E-state index in [2.05, 4.69) is 5.32 Å². The molecular weight excluding hydrogens is 255 g/mol. The van der Waals surface area contributed by atoms with Crippen molar-refractivity contribution >= 4 is 9.84 Å². The third kappa shape index (κ3) is 2.78. The summed E-state index contributed by atoms with van der Waals surface area (Å²) in [6, 6.07) is 1.58. The minimum Gasteiger partial charge on any atom is -0.308 e. The van der Waals surface area contributed by atoms with Gasteiger partial charge in [0.15, 0.2) is 27.3 Å². The number of rotatable bonds is 3. The van der Waals surface area contributed by atoms with E-state index in [0.717, 1.165) is 12.1 Å². The van der Waals surface area contributed by atoms with E-state index in [9.17, 15) is 21.6 Å². The molecule has 1 aliphatic rings. The molecule has 0 aliphatic carbocycles. The third-order valence-electron chi connectivity index (χ3n) is 2.55. The molecule has 1 aromatic rings. The first-order valence-electron chi connectivity index (χ1n) is 4.94. The highest BCUT2D eigenvalue weighted by atomic mass is 32.2. The summed E-state index contributed by atoms with van der Waals surface area (Å²) in [6.07, 6.45) is 0. The Labute approximate surface area is 96.6 Å². The third-order valence-corrected chi connectivity index (χ3v) is 4.37. The van der Waals surface area contributed by atoms with Gasteiger partial charge in [-0.25, -0.2) is 21.6 Å². The molecule has 1 N–H and O–H groups in total. The highest BCUT2D eigenvalue weighted by molar-refractivity contribution is 7.92. The van der Waals surface area contributed by atoms with Crippen molar-refractivity contribution in [3.05, 3.63) is 35.1 Å². The molecule has 17 heavy (non-hydrogen) atoms. The number of hydrogen-bond acceptors (Lipinski definition) is 3. The van der Waals surface area contributed by atoms with Gasteiger partial charge in [-0.2, -0.15) is 0 Å². The number of sulfone groups is 1. The second kappa shape index (κ2) is 4.30. The zero-order valence-corrected chi connectivity index (χ0v) is 9.53. The molecule has 0 radical (unpaired) electrons. The Morgan fingerprint density at radius 1 is 1.18 bits per heavy atom. The molecule has 0 bridgehead atoms.